The lowest BCUT2D eigenvalue weighted by molar-refractivity contribution is 0.265. The summed E-state index contributed by atoms with van der Waals surface area (Å²) in [5, 5.41) is 0. The summed E-state index contributed by atoms with van der Waals surface area (Å²) in [4.78, 5) is 0. The zero-order valence-electron chi connectivity index (χ0n) is 4.23. The molecule has 1 rings (SSSR count). The Bertz CT molecular complexity index is 133. The van der Waals surface area contributed by atoms with Crippen molar-refractivity contribution in [2.45, 2.75) is 0 Å². The van der Waals surface area contributed by atoms with Crippen LogP contribution in [0.25, 0.3) is 0 Å². The molecule has 2 N–H and O–H groups in total. The normalized spacial score (nSPS) is 18.6. The van der Waals surface area contributed by atoms with Crippen LogP contribution in [0.3, 0.4) is 0 Å². The van der Waals surface area contributed by atoms with Crippen molar-refractivity contribution in [2.75, 3.05) is 6.61 Å². The summed E-state index contributed by atoms with van der Waals surface area (Å²) < 4.78 is 5.72. The van der Waals surface area contributed by atoms with Crippen LogP contribution < -0.4 is 5.73 Å². The van der Waals surface area contributed by atoms with Gasteiger partial charge in [-0.25, -0.2) is 0 Å². The van der Waals surface area contributed by atoms with Gasteiger partial charge in [-0.15, -0.1) is 0 Å². The van der Waals surface area contributed by atoms with E-state index in [0.717, 1.165) is 10.4 Å². The average Bonchev–Trinajstić information content (AvgIpc) is 1.77. The smallest absolute Gasteiger partial charge is 0.162 e. The topological polar surface area (TPSA) is 35.2 Å². The van der Waals surface area contributed by atoms with E-state index in [2.05, 4.69) is 15.9 Å². The van der Waals surface area contributed by atoms with Gasteiger partial charge in [-0.05, 0) is 28.1 Å². The Morgan fingerprint density at radius 1 is 1.62 bits per heavy atom. The van der Waals surface area contributed by atoms with Crippen LogP contribution in [0.2, 0.25) is 0 Å². The van der Waals surface area contributed by atoms with Crippen LogP contribution in [0.1, 0.15) is 0 Å². The van der Waals surface area contributed by atoms with E-state index in [1.807, 2.05) is 6.08 Å². The molecule has 0 saturated heterocycles. The molecule has 1 aliphatic rings. The van der Waals surface area contributed by atoms with E-state index in [9.17, 15) is 0 Å². The molecule has 0 bridgehead atoms. The van der Waals surface area contributed by atoms with Gasteiger partial charge in [0.2, 0.25) is 0 Å². The second-order valence-corrected chi connectivity index (χ2v) is 2.28. The van der Waals surface area contributed by atoms with Crippen LogP contribution in [0, 0.1) is 0 Å². The first kappa shape index (κ1) is 5.69. The van der Waals surface area contributed by atoms with Gasteiger partial charge in [0.15, 0.2) is 4.67 Å². The number of halogens is 1. The van der Waals surface area contributed by atoms with Crippen LogP contribution in [-0.4, -0.2) is 6.61 Å². The minimum Gasteiger partial charge on any atom is -0.481 e. The lowest BCUT2D eigenvalue weighted by atomic mass is 10.4. The van der Waals surface area contributed by atoms with Gasteiger partial charge in [0.1, 0.15) is 6.61 Å². The Morgan fingerprint density at radius 2 is 2.38 bits per heavy atom. The molecule has 0 fully saturated rings. The summed E-state index contributed by atoms with van der Waals surface area (Å²) in [6, 6.07) is 0. The number of nitrogens with two attached hydrogens (primary N) is 1. The van der Waals surface area contributed by atoms with Gasteiger partial charge in [0.25, 0.3) is 0 Å². The van der Waals surface area contributed by atoms with E-state index in [1.165, 1.54) is 0 Å². The zero-order valence-corrected chi connectivity index (χ0v) is 5.81. The van der Waals surface area contributed by atoms with Gasteiger partial charge in [-0.3, -0.25) is 0 Å². The Kier molecular flexibility index (Phi) is 1.58. The molecule has 44 valence electrons. The maximum absolute atomic E-state index is 5.37. The molecule has 0 saturated carbocycles. The Hall–Kier alpha value is -0.440. The number of allylic oxidation sites excluding steroid dienone is 2. The van der Waals surface area contributed by atoms with Crippen LogP contribution in [-0.2, 0) is 4.74 Å². The van der Waals surface area contributed by atoms with Gasteiger partial charge in [0.05, 0.1) is 0 Å². The highest BCUT2D eigenvalue weighted by Gasteiger charge is 1.97. The van der Waals surface area contributed by atoms with Crippen molar-refractivity contribution in [3.8, 4) is 0 Å². The van der Waals surface area contributed by atoms with E-state index in [0.29, 0.717) is 6.61 Å². The van der Waals surface area contributed by atoms with E-state index in [-0.39, 0.29) is 0 Å². The van der Waals surface area contributed by atoms with Crippen molar-refractivity contribution in [3.05, 3.63) is 22.5 Å². The fourth-order valence-corrected chi connectivity index (χ4v) is 0.668. The maximum Gasteiger partial charge on any atom is 0.162 e. The van der Waals surface area contributed by atoms with Gasteiger partial charge in [0, 0.05) is 5.70 Å². The monoisotopic (exact) mass is 175 g/mol. The molecular weight excluding hydrogens is 170 g/mol. The van der Waals surface area contributed by atoms with Crippen molar-refractivity contribution in [2.24, 2.45) is 5.73 Å². The summed E-state index contributed by atoms with van der Waals surface area (Å²) in [5.74, 6) is 0. The van der Waals surface area contributed by atoms with Gasteiger partial charge >= 0.3 is 0 Å². The quantitative estimate of drug-likeness (QED) is 0.599. The average molecular weight is 176 g/mol. The van der Waals surface area contributed by atoms with Gasteiger partial charge in [-0.1, -0.05) is 0 Å². The number of hydrogen-bond acceptors (Lipinski definition) is 2. The summed E-state index contributed by atoms with van der Waals surface area (Å²) in [7, 11) is 0. The first-order valence-corrected chi connectivity index (χ1v) is 3.03. The summed E-state index contributed by atoms with van der Waals surface area (Å²) in [6.45, 7) is 0.497. The fraction of sp³-hybridized carbons (Fsp3) is 0.200. The third-order valence-corrected chi connectivity index (χ3v) is 1.30. The van der Waals surface area contributed by atoms with Crippen LogP contribution >= 0.6 is 15.9 Å². The predicted octanol–water partition coefficient (Wildman–Crippen LogP) is 1.10. The van der Waals surface area contributed by atoms with Crippen LogP contribution in [0.4, 0.5) is 0 Å². The number of ether oxygens (including phenoxy) is 1. The molecule has 8 heavy (non-hydrogen) atoms. The molecule has 1 aliphatic heterocycles. The van der Waals surface area contributed by atoms with E-state index in [1.54, 1.807) is 6.08 Å². The highest BCUT2D eigenvalue weighted by Crippen LogP contribution is 2.11. The van der Waals surface area contributed by atoms with E-state index < -0.39 is 0 Å². The third-order valence-electron chi connectivity index (χ3n) is 0.805. The molecule has 0 aromatic rings. The summed E-state index contributed by atoms with van der Waals surface area (Å²) in [5.41, 5.74) is 6.13. The molecule has 0 radical (unpaired) electrons. The van der Waals surface area contributed by atoms with Crippen molar-refractivity contribution < 1.29 is 4.74 Å². The molecule has 1 heterocycles. The molecule has 0 aromatic carbocycles. The van der Waals surface area contributed by atoms with Crippen molar-refractivity contribution >= 4 is 15.9 Å². The molecule has 0 atom stereocenters. The van der Waals surface area contributed by atoms with Gasteiger partial charge in [-0.2, -0.15) is 0 Å². The number of hydrogen-bond donors (Lipinski definition) is 1. The standard InChI is InChI=1S/C5H6BrNO/c6-5-2-1-4(7)3-8-5/h1-2H,3,7H2. The zero-order chi connectivity index (χ0) is 5.98. The van der Waals surface area contributed by atoms with Gasteiger partial charge < -0.3 is 10.5 Å². The SMILES string of the molecule is NC1=CC=C(Br)OC1. The lowest BCUT2D eigenvalue weighted by Gasteiger charge is -2.07. The molecule has 2 nitrogen and oxygen atoms in total. The minimum atomic E-state index is 0.497. The second kappa shape index (κ2) is 2.22. The summed E-state index contributed by atoms with van der Waals surface area (Å²) >= 11 is 3.15. The first-order valence-electron chi connectivity index (χ1n) is 2.23. The predicted molar refractivity (Wildman–Crippen MR) is 35.2 cm³/mol. The molecule has 0 aliphatic carbocycles. The lowest BCUT2D eigenvalue weighted by Crippen LogP contribution is -2.07. The van der Waals surface area contributed by atoms with Crippen LogP contribution in [0.5, 0.6) is 0 Å². The Balaban J connectivity index is 2.65. The van der Waals surface area contributed by atoms with Crippen molar-refractivity contribution in [1.29, 1.82) is 0 Å². The molecule has 0 amide bonds. The first-order chi connectivity index (χ1) is 3.79. The minimum absolute atomic E-state index is 0.497. The molecule has 0 aromatic heterocycles. The molecular formula is C5H6BrNO. The Morgan fingerprint density at radius 3 is 2.75 bits per heavy atom. The molecule has 0 unspecified atom stereocenters. The maximum atomic E-state index is 5.37. The largest absolute Gasteiger partial charge is 0.481 e. The molecule has 0 spiro atoms. The van der Waals surface area contributed by atoms with E-state index in [4.69, 9.17) is 10.5 Å². The van der Waals surface area contributed by atoms with Crippen molar-refractivity contribution in [1.82, 2.24) is 0 Å². The van der Waals surface area contributed by atoms with Crippen LogP contribution in [0.15, 0.2) is 22.5 Å². The Labute approximate surface area is 56.1 Å². The molecule has 3 heteroatoms. The number of rotatable bonds is 0. The van der Waals surface area contributed by atoms with E-state index >= 15 is 0 Å². The third kappa shape index (κ3) is 1.26. The fourth-order valence-electron chi connectivity index (χ4n) is 0.421. The van der Waals surface area contributed by atoms with Crippen molar-refractivity contribution in [3.63, 3.8) is 0 Å². The highest BCUT2D eigenvalue weighted by atomic mass is 79.9. The summed E-state index contributed by atoms with van der Waals surface area (Å²) in [6.07, 6.45) is 3.59. The highest BCUT2D eigenvalue weighted by molar-refractivity contribution is 9.11. The second-order valence-electron chi connectivity index (χ2n) is 1.50.